The summed E-state index contributed by atoms with van der Waals surface area (Å²) in [5.41, 5.74) is 5.73. The lowest BCUT2D eigenvalue weighted by atomic mass is 10.3. The smallest absolute Gasteiger partial charge is 0.265 e. The first-order chi connectivity index (χ1) is 8.38. The summed E-state index contributed by atoms with van der Waals surface area (Å²) in [7, 11) is -2.07. The number of anilines is 2. The molecule has 0 aliphatic rings. The predicted molar refractivity (Wildman–Crippen MR) is 69.9 cm³/mol. The predicted octanol–water partition coefficient (Wildman–Crippen LogP) is 1.46. The Morgan fingerprint density at radius 2 is 2.11 bits per heavy atom. The van der Waals surface area contributed by atoms with Crippen LogP contribution in [-0.4, -0.2) is 18.2 Å². The Morgan fingerprint density at radius 3 is 2.67 bits per heavy atom. The molecule has 2 aromatic rings. The van der Waals surface area contributed by atoms with E-state index in [9.17, 15) is 8.42 Å². The van der Waals surface area contributed by atoms with Gasteiger partial charge in [-0.2, -0.15) is 5.10 Å². The molecule has 0 atom stereocenters. The molecule has 96 valence electrons. The van der Waals surface area contributed by atoms with Gasteiger partial charge in [-0.15, -0.1) is 0 Å². The quantitative estimate of drug-likeness (QED) is 0.836. The number of sulfonamides is 1. The van der Waals surface area contributed by atoms with Crippen molar-refractivity contribution in [2.45, 2.75) is 4.90 Å². The summed E-state index contributed by atoms with van der Waals surface area (Å²) in [4.78, 5) is -0.0300. The van der Waals surface area contributed by atoms with Crippen molar-refractivity contribution in [1.29, 1.82) is 0 Å². The summed E-state index contributed by atoms with van der Waals surface area (Å²) >= 11 is 5.72. The van der Waals surface area contributed by atoms with Gasteiger partial charge in [0.2, 0.25) is 0 Å². The van der Waals surface area contributed by atoms with Crippen LogP contribution in [0, 0.1) is 0 Å². The van der Waals surface area contributed by atoms with Gasteiger partial charge in [0, 0.05) is 24.3 Å². The van der Waals surface area contributed by atoms with Gasteiger partial charge >= 0.3 is 0 Å². The topological polar surface area (TPSA) is 90.0 Å². The van der Waals surface area contributed by atoms with E-state index < -0.39 is 10.0 Å². The number of nitrogens with two attached hydrogens (primary N) is 1. The lowest BCUT2D eigenvalue weighted by Gasteiger charge is -2.08. The number of halogens is 1. The third-order valence-electron chi connectivity index (χ3n) is 2.21. The van der Waals surface area contributed by atoms with Crippen LogP contribution in [-0.2, 0) is 17.1 Å². The molecule has 1 aromatic carbocycles. The van der Waals surface area contributed by atoms with E-state index >= 15 is 0 Å². The molecule has 1 aromatic heterocycles. The van der Waals surface area contributed by atoms with E-state index in [1.165, 1.54) is 22.9 Å². The van der Waals surface area contributed by atoms with Crippen molar-refractivity contribution in [1.82, 2.24) is 9.78 Å². The van der Waals surface area contributed by atoms with Crippen LogP contribution in [0.15, 0.2) is 35.4 Å². The highest BCUT2D eigenvalue weighted by atomic mass is 35.5. The van der Waals surface area contributed by atoms with Gasteiger partial charge in [0.1, 0.15) is 4.90 Å². The van der Waals surface area contributed by atoms with E-state index in [0.717, 1.165) is 0 Å². The van der Waals surface area contributed by atoms with Crippen molar-refractivity contribution in [3.05, 3.63) is 35.5 Å². The molecule has 0 fully saturated rings. The van der Waals surface area contributed by atoms with Crippen LogP contribution < -0.4 is 10.5 Å². The number of rotatable bonds is 3. The maximum Gasteiger partial charge on any atom is 0.265 e. The zero-order chi connectivity index (χ0) is 13.3. The molecule has 3 N–H and O–H groups in total. The molecule has 0 unspecified atom stereocenters. The fourth-order valence-electron chi connectivity index (χ4n) is 1.43. The van der Waals surface area contributed by atoms with Crippen molar-refractivity contribution >= 4 is 33.1 Å². The Labute approximate surface area is 109 Å². The summed E-state index contributed by atoms with van der Waals surface area (Å²) in [6.07, 6.45) is 1.63. The first-order valence-electron chi connectivity index (χ1n) is 4.96. The Kier molecular flexibility index (Phi) is 3.18. The van der Waals surface area contributed by atoms with Crippen LogP contribution in [0.3, 0.4) is 0 Å². The van der Waals surface area contributed by atoms with Crippen LogP contribution in [0.4, 0.5) is 11.5 Å². The zero-order valence-corrected chi connectivity index (χ0v) is 11.0. The summed E-state index contributed by atoms with van der Waals surface area (Å²) in [5.74, 6) is 0.229. The van der Waals surface area contributed by atoms with E-state index in [-0.39, 0.29) is 16.4 Å². The summed E-state index contributed by atoms with van der Waals surface area (Å²) in [5, 5.41) is 4.31. The van der Waals surface area contributed by atoms with Crippen molar-refractivity contribution in [2.75, 3.05) is 10.5 Å². The first-order valence-corrected chi connectivity index (χ1v) is 6.82. The Balaban J connectivity index is 2.36. The molecule has 6 nitrogen and oxygen atoms in total. The van der Waals surface area contributed by atoms with Crippen molar-refractivity contribution < 1.29 is 8.42 Å². The molecule has 0 saturated heterocycles. The Morgan fingerprint density at radius 1 is 1.39 bits per heavy atom. The Hall–Kier alpha value is -1.73. The zero-order valence-electron chi connectivity index (χ0n) is 9.46. The van der Waals surface area contributed by atoms with Crippen LogP contribution in [0.1, 0.15) is 0 Å². The lowest BCUT2D eigenvalue weighted by Crippen LogP contribution is -2.15. The average molecular weight is 287 g/mol. The van der Waals surface area contributed by atoms with Crippen molar-refractivity contribution in [2.24, 2.45) is 7.05 Å². The van der Waals surface area contributed by atoms with Crippen molar-refractivity contribution in [3.8, 4) is 0 Å². The summed E-state index contributed by atoms with van der Waals surface area (Å²) < 4.78 is 27.9. The third-order valence-corrected chi connectivity index (χ3v) is 3.88. The van der Waals surface area contributed by atoms with Crippen LogP contribution in [0.2, 0.25) is 5.02 Å². The molecular formula is C10H11ClN4O2S. The van der Waals surface area contributed by atoms with Gasteiger partial charge in [0.15, 0.2) is 5.82 Å². The molecule has 0 saturated carbocycles. The van der Waals surface area contributed by atoms with Crippen molar-refractivity contribution in [3.63, 3.8) is 0 Å². The standard InChI is InChI=1S/C10H11ClN4O2S/c1-15-5-4-10(13-15)14-18(16,17)9-3-2-7(11)6-8(9)12/h2-6H,12H2,1H3,(H,13,14). The van der Waals surface area contributed by atoms with Gasteiger partial charge in [-0.05, 0) is 18.2 Å². The number of nitrogens with one attached hydrogen (secondary N) is 1. The Bertz CT molecular complexity index is 681. The maximum atomic E-state index is 12.1. The number of nitrogens with zero attached hydrogens (tertiary/aromatic N) is 2. The number of benzene rings is 1. The molecule has 0 amide bonds. The highest BCUT2D eigenvalue weighted by Gasteiger charge is 2.18. The largest absolute Gasteiger partial charge is 0.398 e. The SMILES string of the molecule is Cn1ccc(NS(=O)(=O)c2ccc(Cl)cc2N)n1. The van der Waals surface area contributed by atoms with Gasteiger partial charge < -0.3 is 5.73 Å². The highest BCUT2D eigenvalue weighted by Crippen LogP contribution is 2.24. The number of hydrogen-bond donors (Lipinski definition) is 2. The second-order valence-corrected chi connectivity index (χ2v) is 5.75. The summed E-state index contributed by atoms with van der Waals surface area (Å²) in [6, 6.07) is 5.74. The van der Waals surface area contributed by atoms with E-state index in [2.05, 4.69) is 9.82 Å². The van der Waals surface area contributed by atoms with Gasteiger partial charge in [-0.1, -0.05) is 11.6 Å². The van der Waals surface area contributed by atoms with Gasteiger partial charge in [0.25, 0.3) is 10.0 Å². The molecule has 1 heterocycles. The van der Waals surface area contributed by atoms with E-state index in [1.54, 1.807) is 19.3 Å². The lowest BCUT2D eigenvalue weighted by molar-refractivity contribution is 0.601. The van der Waals surface area contributed by atoms with Crippen LogP contribution in [0.25, 0.3) is 0 Å². The molecule has 0 spiro atoms. The second-order valence-electron chi connectivity index (χ2n) is 3.66. The second kappa shape index (κ2) is 4.51. The minimum Gasteiger partial charge on any atom is -0.398 e. The molecule has 2 rings (SSSR count). The number of nitrogen functional groups attached to an aromatic ring is 1. The normalized spacial score (nSPS) is 11.4. The molecular weight excluding hydrogens is 276 g/mol. The highest BCUT2D eigenvalue weighted by molar-refractivity contribution is 7.92. The van der Waals surface area contributed by atoms with E-state index in [4.69, 9.17) is 17.3 Å². The fourth-order valence-corrected chi connectivity index (χ4v) is 2.72. The maximum absolute atomic E-state index is 12.1. The fraction of sp³-hybridized carbons (Fsp3) is 0.100. The number of hydrogen-bond acceptors (Lipinski definition) is 4. The first kappa shape index (κ1) is 12.7. The van der Waals surface area contributed by atoms with E-state index in [1.807, 2.05) is 0 Å². The number of aromatic nitrogens is 2. The third kappa shape index (κ3) is 2.57. The molecule has 0 radical (unpaired) electrons. The van der Waals surface area contributed by atoms with Gasteiger partial charge in [-0.25, -0.2) is 8.42 Å². The van der Waals surface area contributed by atoms with Crippen LogP contribution in [0.5, 0.6) is 0 Å². The molecule has 0 aliphatic heterocycles. The van der Waals surface area contributed by atoms with Gasteiger partial charge in [-0.3, -0.25) is 9.40 Å². The molecule has 8 heteroatoms. The van der Waals surface area contributed by atoms with E-state index in [0.29, 0.717) is 5.02 Å². The summed E-state index contributed by atoms with van der Waals surface area (Å²) in [6.45, 7) is 0. The minimum absolute atomic E-state index is 0.0300. The molecule has 0 bridgehead atoms. The van der Waals surface area contributed by atoms with Crippen LogP contribution >= 0.6 is 11.6 Å². The number of aryl methyl sites for hydroxylation is 1. The monoisotopic (exact) mass is 286 g/mol. The molecule has 18 heavy (non-hydrogen) atoms. The minimum atomic E-state index is -3.76. The molecule has 0 aliphatic carbocycles. The van der Waals surface area contributed by atoms with Gasteiger partial charge in [0.05, 0.1) is 5.69 Å². The average Bonchev–Trinajstić information content (AvgIpc) is 2.62.